The molecular weight excluding hydrogens is 240 g/mol. The maximum Gasteiger partial charge on any atom is 0.164 e. The summed E-state index contributed by atoms with van der Waals surface area (Å²) < 4.78 is 5.19. The molecule has 2 aromatic heterocycles. The molecule has 2 heterocycles. The highest BCUT2D eigenvalue weighted by Crippen LogP contribution is 2.30. The number of hydrogen-bond donors (Lipinski definition) is 1. The van der Waals surface area contributed by atoms with Crippen LogP contribution in [-0.2, 0) is 6.42 Å². The van der Waals surface area contributed by atoms with Crippen molar-refractivity contribution in [3.8, 4) is 11.4 Å². The van der Waals surface area contributed by atoms with E-state index in [4.69, 9.17) is 9.51 Å². The molecule has 0 saturated carbocycles. The van der Waals surface area contributed by atoms with Crippen LogP contribution in [0, 0.1) is 13.8 Å². The van der Waals surface area contributed by atoms with Gasteiger partial charge in [0, 0.05) is 23.5 Å². The van der Waals surface area contributed by atoms with Gasteiger partial charge in [0.25, 0.3) is 0 Å². The zero-order chi connectivity index (χ0) is 13.4. The van der Waals surface area contributed by atoms with Gasteiger partial charge in [-0.2, -0.15) is 0 Å². The third-order valence-electron chi connectivity index (χ3n) is 3.79. The van der Waals surface area contributed by atoms with Crippen molar-refractivity contribution >= 4 is 0 Å². The SMILES string of the molecule is CNC1CCCc2nc(-c3c(C)noc3C)ncc21. The maximum atomic E-state index is 5.19. The van der Waals surface area contributed by atoms with Gasteiger partial charge in [0.2, 0.25) is 0 Å². The van der Waals surface area contributed by atoms with E-state index < -0.39 is 0 Å². The summed E-state index contributed by atoms with van der Waals surface area (Å²) in [6, 6.07) is 0.377. The van der Waals surface area contributed by atoms with Crippen molar-refractivity contribution in [2.75, 3.05) is 7.05 Å². The number of aromatic nitrogens is 3. The lowest BCUT2D eigenvalue weighted by Crippen LogP contribution is -2.22. The van der Waals surface area contributed by atoms with E-state index in [0.717, 1.165) is 47.8 Å². The molecule has 1 aliphatic carbocycles. The summed E-state index contributed by atoms with van der Waals surface area (Å²) in [5.41, 5.74) is 4.15. The zero-order valence-corrected chi connectivity index (χ0v) is 11.5. The highest BCUT2D eigenvalue weighted by atomic mass is 16.5. The van der Waals surface area contributed by atoms with Gasteiger partial charge in [-0.15, -0.1) is 0 Å². The number of fused-ring (bicyclic) bond motifs is 1. The fourth-order valence-electron chi connectivity index (χ4n) is 2.77. The molecule has 2 aromatic rings. The van der Waals surface area contributed by atoms with Crippen LogP contribution >= 0.6 is 0 Å². The van der Waals surface area contributed by atoms with Crippen LogP contribution in [0.4, 0.5) is 0 Å². The summed E-state index contributed by atoms with van der Waals surface area (Å²) in [4.78, 5) is 9.23. The quantitative estimate of drug-likeness (QED) is 0.895. The highest BCUT2D eigenvalue weighted by Gasteiger charge is 2.22. The fraction of sp³-hybridized carbons (Fsp3) is 0.500. The van der Waals surface area contributed by atoms with Crippen molar-refractivity contribution in [3.63, 3.8) is 0 Å². The van der Waals surface area contributed by atoms with E-state index in [2.05, 4.69) is 15.5 Å². The smallest absolute Gasteiger partial charge is 0.164 e. The first-order valence-electron chi connectivity index (χ1n) is 6.67. The molecule has 0 fully saturated rings. The average molecular weight is 258 g/mol. The number of hydrogen-bond acceptors (Lipinski definition) is 5. The predicted octanol–water partition coefficient (Wildman–Crippen LogP) is 2.35. The molecule has 1 aliphatic rings. The molecule has 0 aliphatic heterocycles. The second kappa shape index (κ2) is 4.74. The Hall–Kier alpha value is -1.75. The van der Waals surface area contributed by atoms with Gasteiger partial charge in [0.05, 0.1) is 11.3 Å². The molecule has 5 nitrogen and oxygen atoms in total. The fourth-order valence-corrected chi connectivity index (χ4v) is 2.77. The van der Waals surface area contributed by atoms with Gasteiger partial charge in [-0.05, 0) is 40.2 Å². The maximum absolute atomic E-state index is 5.19. The van der Waals surface area contributed by atoms with Crippen molar-refractivity contribution in [1.82, 2.24) is 20.4 Å². The molecule has 100 valence electrons. The summed E-state index contributed by atoms with van der Waals surface area (Å²) in [7, 11) is 1.99. The molecule has 0 aromatic carbocycles. The minimum atomic E-state index is 0.377. The van der Waals surface area contributed by atoms with Gasteiger partial charge in [0.15, 0.2) is 5.82 Å². The van der Waals surface area contributed by atoms with Gasteiger partial charge in [0.1, 0.15) is 5.76 Å². The molecule has 1 atom stereocenters. The number of aryl methyl sites for hydroxylation is 3. The minimum Gasteiger partial charge on any atom is -0.361 e. The largest absolute Gasteiger partial charge is 0.361 e. The Kier molecular flexibility index (Phi) is 3.06. The van der Waals surface area contributed by atoms with E-state index in [1.54, 1.807) is 0 Å². The summed E-state index contributed by atoms with van der Waals surface area (Å²) in [6.45, 7) is 3.82. The van der Waals surface area contributed by atoms with Crippen LogP contribution in [0.3, 0.4) is 0 Å². The van der Waals surface area contributed by atoms with Crippen LogP contribution in [0.5, 0.6) is 0 Å². The Morgan fingerprint density at radius 1 is 1.37 bits per heavy atom. The molecule has 0 spiro atoms. The summed E-state index contributed by atoms with van der Waals surface area (Å²) in [6.07, 6.45) is 5.28. The number of rotatable bonds is 2. The first-order valence-corrected chi connectivity index (χ1v) is 6.67. The normalized spacial score (nSPS) is 18.4. The molecule has 1 N–H and O–H groups in total. The van der Waals surface area contributed by atoms with Crippen molar-refractivity contribution in [3.05, 3.63) is 28.9 Å². The lowest BCUT2D eigenvalue weighted by Gasteiger charge is -2.24. The molecule has 0 saturated heterocycles. The van der Waals surface area contributed by atoms with Crippen LogP contribution in [0.1, 0.15) is 41.6 Å². The van der Waals surface area contributed by atoms with Crippen LogP contribution in [0.15, 0.2) is 10.7 Å². The molecule has 5 heteroatoms. The minimum absolute atomic E-state index is 0.377. The van der Waals surface area contributed by atoms with Crippen molar-refractivity contribution in [1.29, 1.82) is 0 Å². The van der Waals surface area contributed by atoms with Crippen LogP contribution in [-0.4, -0.2) is 22.2 Å². The highest BCUT2D eigenvalue weighted by molar-refractivity contribution is 5.60. The first kappa shape index (κ1) is 12.3. The Labute approximate surface area is 112 Å². The average Bonchev–Trinajstić information content (AvgIpc) is 2.77. The van der Waals surface area contributed by atoms with Gasteiger partial charge in [-0.3, -0.25) is 0 Å². The van der Waals surface area contributed by atoms with E-state index >= 15 is 0 Å². The molecule has 0 bridgehead atoms. The topological polar surface area (TPSA) is 63.8 Å². The predicted molar refractivity (Wildman–Crippen MR) is 71.7 cm³/mol. The third-order valence-corrected chi connectivity index (χ3v) is 3.79. The van der Waals surface area contributed by atoms with E-state index in [-0.39, 0.29) is 0 Å². The molecule has 0 radical (unpaired) electrons. The Balaban J connectivity index is 2.07. The molecule has 19 heavy (non-hydrogen) atoms. The second-order valence-corrected chi connectivity index (χ2v) is 5.03. The van der Waals surface area contributed by atoms with Gasteiger partial charge in [-0.1, -0.05) is 5.16 Å². The number of nitrogens with one attached hydrogen (secondary N) is 1. The molecular formula is C14H18N4O. The first-order chi connectivity index (χ1) is 9.20. The Morgan fingerprint density at radius 2 is 2.21 bits per heavy atom. The van der Waals surface area contributed by atoms with Crippen LogP contribution in [0.2, 0.25) is 0 Å². The second-order valence-electron chi connectivity index (χ2n) is 5.03. The van der Waals surface area contributed by atoms with E-state index in [0.29, 0.717) is 6.04 Å². The molecule has 1 unspecified atom stereocenters. The molecule has 0 amide bonds. The lowest BCUT2D eigenvalue weighted by atomic mass is 9.92. The number of nitrogens with zero attached hydrogens (tertiary/aromatic N) is 3. The Morgan fingerprint density at radius 3 is 2.89 bits per heavy atom. The summed E-state index contributed by atoms with van der Waals surface area (Å²) >= 11 is 0. The van der Waals surface area contributed by atoms with E-state index in [1.807, 2.05) is 27.1 Å². The zero-order valence-electron chi connectivity index (χ0n) is 11.5. The lowest BCUT2D eigenvalue weighted by molar-refractivity contribution is 0.393. The van der Waals surface area contributed by atoms with Gasteiger partial charge < -0.3 is 9.84 Å². The van der Waals surface area contributed by atoms with Crippen LogP contribution in [0.25, 0.3) is 11.4 Å². The van der Waals surface area contributed by atoms with Crippen molar-refractivity contribution in [2.45, 2.75) is 39.2 Å². The molecule has 3 rings (SSSR count). The van der Waals surface area contributed by atoms with Gasteiger partial charge in [-0.25, -0.2) is 9.97 Å². The standard InChI is InChI=1S/C14H18N4O/c1-8-13(9(2)19-18-8)14-16-7-10-11(15-3)5-4-6-12(10)17-14/h7,11,15H,4-6H2,1-3H3. The van der Waals surface area contributed by atoms with E-state index in [1.165, 1.54) is 5.56 Å². The summed E-state index contributed by atoms with van der Waals surface area (Å²) in [5.74, 6) is 1.50. The van der Waals surface area contributed by atoms with Crippen LogP contribution < -0.4 is 5.32 Å². The van der Waals surface area contributed by atoms with Gasteiger partial charge >= 0.3 is 0 Å². The van der Waals surface area contributed by atoms with E-state index in [9.17, 15) is 0 Å². The van der Waals surface area contributed by atoms with Crippen molar-refractivity contribution in [2.24, 2.45) is 0 Å². The van der Waals surface area contributed by atoms with Crippen molar-refractivity contribution < 1.29 is 4.52 Å². The third kappa shape index (κ3) is 2.04. The summed E-state index contributed by atoms with van der Waals surface area (Å²) in [5, 5.41) is 7.29. The monoisotopic (exact) mass is 258 g/mol. The Bertz CT molecular complexity index is 586.